The van der Waals surface area contributed by atoms with E-state index in [1.165, 1.54) is 0 Å². The first kappa shape index (κ1) is 12.5. The summed E-state index contributed by atoms with van der Waals surface area (Å²) in [6.07, 6.45) is 2.11. The van der Waals surface area contributed by atoms with Gasteiger partial charge < -0.3 is 15.5 Å². The summed E-state index contributed by atoms with van der Waals surface area (Å²) in [4.78, 5) is 25.3. The number of hydrogen-bond acceptors (Lipinski definition) is 3. The van der Waals surface area contributed by atoms with Gasteiger partial charge in [0.1, 0.15) is 6.04 Å². The van der Waals surface area contributed by atoms with E-state index < -0.39 is 6.04 Å². The molecular weight excluding hydrogens is 238 g/mol. The van der Waals surface area contributed by atoms with E-state index in [0.29, 0.717) is 6.04 Å². The lowest BCUT2D eigenvalue weighted by atomic mass is 10.3. The molecule has 0 spiro atoms. The van der Waals surface area contributed by atoms with Gasteiger partial charge in [0.05, 0.1) is 0 Å². The molecule has 1 unspecified atom stereocenters. The molecule has 2 rings (SSSR count). The van der Waals surface area contributed by atoms with Crippen molar-refractivity contribution >= 4 is 23.7 Å². The monoisotopic (exact) mass is 257 g/mol. The van der Waals surface area contributed by atoms with Gasteiger partial charge in [-0.05, 0) is 19.8 Å². The van der Waals surface area contributed by atoms with Crippen LogP contribution in [0.15, 0.2) is 0 Å². The summed E-state index contributed by atoms with van der Waals surface area (Å²) in [5.41, 5.74) is 0. The van der Waals surface area contributed by atoms with Gasteiger partial charge in [0.2, 0.25) is 5.91 Å². The Morgan fingerprint density at radius 1 is 1.29 bits per heavy atom. The Balaban J connectivity index is 1.74. The molecule has 2 aliphatic rings. The lowest BCUT2D eigenvalue weighted by molar-refractivity contribution is -0.132. The smallest absolute Gasteiger partial charge is 0.315 e. The van der Waals surface area contributed by atoms with E-state index in [4.69, 9.17) is 0 Å². The van der Waals surface area contributed by atoms with E-state index in [1.54, 1.807) is 6.92 Å². The maximum atomic E-state index is 12.0. The Bertz CT molecular complexity index is 301. The molecule has 96 valence electrons. The van der Waals surface area contributed by atoms with E-state index in [0.717, 1.165) is 37.4 Å². The Hall–Kier alpha value is -0.910. The fraction of sp³-hybridized carbons (Fsp3) is 0.818. The van der Waals surface area contributed by atoms with E-state index in [9.17, 15) is 9.59 Å². The van der Waals surface area contributed by atoms with Crippen molar-refractivity contribution < 1.29 is 9.59 Å². The van der Waals surface area contributed by atoms with Crippen LogP contribution in [0.3, 0.4) is 0 Å². The summed E-state index contributed by atoms with van der Waals surface area (Å²) < 4.78 is 0. The first-order chi connectivity index (χ1) is 8.16. The van der Waals surface area contributed by atoms with Crippen molar-refractivity contribution in [2.75, 3.05) is 24.6 Å². The first-order valence-corrected chi connectivity index (χ1v) is 7.26. The molecule has 0 aromatic heterocycles. The third-order valence-electron chi connectivity index (χ3n) is 2.95. The molecule has 0 bridgehead atoms. The Morgan fingerprint density at radius 2 is 1.94 bits per heavy atom. The lowest BCUT2D eigenvalue weighted by Gasteiger charge is -2.29. The molecule has 2 fully saturated rings. The van der Waals surface area contributed by atoms with Gasteiger partial charge in [-0.1, -0.05) is 0 Å². The molecule has 0 aromatic rings. The summed E-state index contributed by atoms with van der Waals surface area (Å²) in [5, 5.41) is 5.52. The van der Waals surface area contributed by atoms with Crippen LogP contribution in [0.2, 0.25) is 0 Å². The Labute approximate surface area is 106 Å². The second-order valence-corrected chi connectivity index (χ2v) is 5.78. The number of carbonyl (C=O) groups is 2. The molecule has 0 radical (unpaired) electrons. The largest absolute Gasteiger partial charge is 0.339 e. The van der Waals surface area contributed by atoms with Gasteiger partial charge >= 0.3 is 6.03 Å². The molecule has 5 nitrogen and oxygen atoms in total. The summed E-state index contributed by atoms with van der Waals surface area (Å²) in [6.45, 7) is 3.33. The van der Waals surface area contributed by atoms with E-state index in [-0.39, 0.29) is 11.9 Å². The zero-order valence-corrected chi connectivity index (χ0v) is 10.9. The molecule has 2 N–H and O–H groups in total. The van der Waals surface area contributed by atoms with Crippen molar-refractivity contribution in [3.05, 3.63) is 0 Å². The van der Waals surface area contributed by atoms with E-state index >= 15 is 0 Å². The third kappa shape index (κ3) is 3.80. The number of urea groups is 1. The van der Waals surface area contributed by atoms with Gasteiger partial charge in [-0.25, -0.2) is 4.79 Å². The number of hydrogen-bond donors (Lipinski definition) is 2. The van der Waals surface area contributed by atoms with Gasteiger partial charge in [0, 0.05) is 30.6 Å². The average Bonchev–Trinajstić information content (AvgIpc) is 3.12. The predicted molar refractivity (Wildman–Crippen MR) is 68.1 cm³/mol. The number of nitrogens with one attached hydrogen (secondary N) is 2. The molecule has 17 heavy (non-hydrogen) atoms. The van der Waals surface area contributed by atoms with Crippen LogP contribution in [0.1, 0.15) is 19.8 Å². The highest BCUT2D eigenvalue weighted by molar-refractivity contribution is 7.99. The van der Waals surface area contributed by atoms with Crippen LogP contribution in [0.5, 0.6) is 0 Å². The molecule has 1 saturated carbocycles. The van der Waals surface area contributed by atoms with Gasteiger partial charge in [-0.2, -0.15) is 11.8 Å². The Kier molecular flexibility index (Phi) is 4.15. The highest BCUT2D eigenvalue weighted by Gasteiger charge is 2.26. The highest BCUT2D eigenvalue weighted by Crippen LogP contribution is 2.18. The van der Waals surface area contributed by atoms with Crippen molar-refractivity contribution in [1.82, 2.24) is 15.5 Å². The van der Waals surface area contributed by atoms with Crippen LogP contribution < -0.4 is 10.6 Å². The van der Waals surface area contributed by atoms with Crippen LogP contribution in [0.4, 0.5) is 4.79 Å². The quantitative estimate of drug-likeness (QED) is 0.770. The topological polar surface area (TPSA) is 61.4 Å². The zero-order chi connectivity index (χ0) is 12.3. The minimum absolute atomic E-state index is 0.0243. The molecule has 1 atom stereocenters. The molecule has 3 amide bonds. The minimum Gasteiger partial charge on any atom is -0.339 e. The van der Waals surface area contributed by atoms with Gasteiger partial charge in [-0.15, -0.1) is 0 Å². The maximum Gasteiger partial charge on any atom is 0.315 e. The lowest BCUT2D eigenvalue weighted by Crippen LogP contribution is -2.51. The molecule has 1 heterocycles. The first-order valence-electron chi connectivity index (χ1n) is 6.10. The third-order valence-corrected chi connectivity index (χ3v) is 3.90. The summed E-state index contributed by atoms with van der Waals surface area (Å²) >= 11 is 1.86. The van der Waals surface area contributed by atoms with Crippen molar-refractivity contribution in [3.8, 4) is 0 Å². The maximum absolute atomic E-state index is 12.0. The molecule has 1 aliphatic heterocycles. The molecule has 0 aromatic carbocycles. The summed E-state index contributed by atoms with van der Waals surface area (Å²) in [5.74, 6) is 2.01. The second kappa shape index (κ2) is 5.62. The van der Waals surface area contributed by atoms with Gasteiger partial charge in [0.15, 0.2) is 0 Å². The summed E-state index contributed by atoms with van der Waals surface area (Å²) in [7, 11) is 0. The van der Waals surface area contributed by atoms with Crippen LogP contribution in [0.25, 0.3) is 0 Å². The Morgan fingerprint density at radius 3 is 2.53 bits per heavy atom. The van der Waals surface area contributed by atoms with E-state index in [2.05, 4.69) is 10.6 Å². The van der Waals surface area contributed by atoms with Crippen molar-refractivity contribution in [2.45, 2.75) is 31.8 Å². The molecular formula is C11H19N3O2S. The van der Waals surface area contributed by atoms with Crippen LogP contribution >= 0.6 is 11.8 Å². The predicted octanol–water partition coefficient (Wildman–Crippen LogP) is 0.412. The average molecular weight is 257 g/mol. The van der Waals surface area contributed by atoms with Crippen LogP contribution in [0, 0.1) is 0 Å². The number of rotatable bonds is 3. The van der Waals surface area contributed by atoms with Gasteiger partial charge in [-0.3, -0.25) is 4.79 Å². The molecule has 1 saturated heterocycles. The van der Waals surface area contributed by atoms with E-state index in [1.807, 2.05) is 16.7 Å². The summed E-state index contributed by atoms with van der Waals surface area (Å²) in [6, 6.07) is -0.333. The number of amides is 3. The standard InChI is InChI=1S/C11H19N3O2S/c1-8(12-11(16)13-9-2-3-9)10(15)14-4-6-17-7-5-14/h8-9H,2-7H2,1H3,(H2,12,13,16). The van der Waals surface area contributed by atoms with Crippen LogP contribution in [-0.2, 0) is 4.79 Å². The van der Waals surface area contributed by atoms with Gasteiger partial charge in [0.25, 0.3) is 0 Å². The van der Waals surface area contributed by atoms with Crippen molar-refractivity contribution in [3.63, 3.8) is 0 Å². The van der Waals surface area contributed by atoms with Crippen LogP contribution in [-0.4, -0.2) is 53.5 Å². The number of carbonyl (C=O) groups excluding carboxylic acids is 2. The molecule has 1 aliphatic carbocycles. The van der Waals surface area contributed by atoms with Crippen molar-refractivity contribution in [1.29, 1.82) is 0 Å². The fourth-order valence-corrected chi connectivity index (χ4v) is 2.67. The fourth-order valence-electron chi connectivity index (χ4n) is 1.77. The van der Waals surface area contributed by atoms with Crippen molar-refractivity contribution in [2.24, 2.45) is 0 Å². The zero-order valence-electron chi connectivity index (χ0n) is 10.1. The minimum atomic E-state index is -0.433. The number of thioether (sulfide) groups is 1. The normalized spacial score (nSPS) is 21.8. The second-order valence-electron chi connectivity index (χ2n) is 4.55. The SMILES string of the molecule is CC(NC(=O)NC1CC1)C(=O)N1CCSCC1. The highest BCUT2D eigenvalue weighted by atomic mass is 32.2. The number of nitrogens with zero attached hydrogens (tertiary/aromatic N) is 1. The molecule has 6 heteroatoms.